The maximum atomic E-state index is 12.6. The van der Waals surface area contributed by atoms with Crippen LogP contribution in [0.15, 0.2) is 42.6 Å². The number of hydrogen-bond acceptors (Lipinski definition) is 4. The Bertz CT molecular complexity index is 638. The average molecular weight is 296 g/mol. The summed E-state index contributed by atoms with van der Waals surface area (Å²) in [5.41, 5.74) is 1.28. The van der Waals surface area contributed by atoms with Crippen LogP contribution in [-0.2, 0) is 0 Å². The summed E-state index contributed by atoms with van der Waals surface area (Å²) in [7, 11) is 1.76. The quantitative estimate of drug-likeness (QED) is 0.874. The van der Waals surface area contributed by atoms with Gasteiger partial charge in [0.15, 0.2) is 0 Å². The molecule has 0 N–H and O–H groups in total. The Labute approximate surface area is 130 Å². The first-order chi connectivity index (χ1) is 10.8. The third-order valence-electron chi connectivity index (χ3n) is 3.95. The fourth-order valence-electron chi connectivity index (χ4n) is 2.65. The zero-order valence-corrected chi connectivity index (χ0v) is 12.8. The number of carbonyl (C=O) groups excluding carboxylic acids is 1. The van der Waals surface area contributed by atoms with Crippen molar-refractivity contribution in [3.8, 4) is 0 Å². The fraction of sp³-hybridized carbons (Fsp3) is 0.353. The maximum absolute atomic E-state index is 12.6. The summed E-state index contributed by atoms with van der Waals surface area (Å²) < 4.78 is 0. The van der Waals surface area contributed by atoms with Crippen LogP contribution >= 0.6 is 0 Å². The van der Waals surface area contributed by atoms with Crippen LogP contribution in [0.4, 0.5) is 11.6 Å². The molecule has 0 unspecified atom stereocenters. The van der Waals surface area contributed by atoms with Gasteiger partial charge in [0.2, 0.25) is 5.95 Å². The lowest BCUT2D eigenvalue weighted by atomic mass is 10.1. The molecule has 1 saturated heterocycles. The lowest BCUT2D eigenvalue weighted by Crippen LogP contribution is -2.32. The Morgan fingerprint density at radius 1 is 1.09 bits per heavy atom. The van der Waals surface area contributed by atoms with E-state index in [0.29, 0.717) is 11.6 Å². The molecule has 0 bridgehead atoms. The van der Waals surface area contributed by atoms with E-state index in [4.69, 9.17) is 0 Å². The van der Waals surface area contributed by atoms with Crippen molar-refractivity contribution in [2.75, 3.05) is 29.9 Å². The van der Waals surface area contributed by atoms with Crippen LogP contribution in [0.2, 0.25) is 0 Å². The van der Waals surface area contributed by atoms with Gasteiger partial charge in [0.25, 0.3) is 5.91 Å². The van der Waals surface area contributed by atoms with Gasteiger partial charge >= 0.3 is 0 Å². The van der Waals surface area contributed by atoms with Crippen LogP contribution in [0.1, 0.15) is 29.8 Å². The fourth-order valence-corrected chi connectivity index (χ4v) is 2.65. The minimum atomic E-state index is -0.119. The van der Waals surface area contributed by atoms with Crippen LogP contribution in [0.25, 0.3) is 0 Å². The van der Waals surface area contributed by atoms with E-state index in [-0.39, 0.29) is 5.91 Å². The van der Waals surface area contributed by atoms with Gasteiger partial charge in [-0.25, -0.2) is 9.97 Å². The van der Waals surface area contributed by atoms with Crippen molar-refractivity contribution in [2.24, 2.45) is 0 Å². The minimum absolute atomic E-state index is 0.119. The Balaban J connectivity index is 1.80. The van der Waals surface area contributed by atoms with Crippen molar-refractivity contribution in [1.82, 2.24) is 9.97 Å². The van der Waals surface area contributed by atoms with Crippen molar-refractivity contribution in [2.45, 2.75) is 19.3 Å². The molecule has 3 rings (SSSR count). The topological polar surface area (TPSA) is 49.3 Å². The summed E-state index contributed by atoms with van der Waals surface area (Å²) in [6.07, 6.45) is 5.24. The average Bonchev–Trinajstić information content (AvgIpc) is 2.62. The molecule has 5 nitrogen and oxygen atoms in total. The molecule has 0 atom stereocenters. The van der Waals surface area contributed by atoms with Gasteiger partial charge in [-0.2, -0.15) is 0 Å². The third kappa shape index (κ3) is 3.08. The summed E-state index contributed by atoms with van der Waals surface area (Å²) in [6, 6.07) is 11.3. The van der Waals surface area contributed by atoms with E-state index in [9.17, 15) is 4.79 Å². The van der Waals surface area contributed by atoms with E-state index in [1.54, 1.807) is 24.2 Å². The number of anilines is 2. The minimum Gasteiger partial charge on any atom is -0.341 e. The number of amides is 1. The van der Waals surface area contributed by atoms with Crippen LogP contribution in [-0.4, -0.2) is 36.0 Å². The molecule has 0 aliphatic carbocycles. The predicted octanol–water partition coefficient (Wildman–Crippen LogP) is 2.74. The van der Waals surface area contributed by atoms with Gasteiger partial charge in [-0.1, -0.05) is 18.2 Å². The summed E-state index contributed by atoms with van der Waals surface area (Å²) >= 11 is 0. The van der Waals surface area contributed by atoms with Crippen LogP contribution in [0.3, 0.4) is 0 Å². The number of rotatable bonds is 3. The van der Waals surface area contributed by atoms with Crippen molar-refractivity contribution in [3.63, 3.8) is 0 Å². The highest BCUT2D eigenvalue weighted by molar-refractivity contribution is 6.04. The van der Waals surface area contributed by atoms with Crippen LogP contribution in [0, 0.1) is 0 Å². The molecule has 1 aromatic heterocycles. The molecule has 0 spiro atoms. The van der Waals surface area contributed by atoms with Crippen LogP contribution in [0.5, 0.6) is 0 Å². The number of nitrogens with zero attached hydrogens (tertiary/aromatic N) is 4. The maximum Gasteiger partial charge on any atom is 0.276 e. The first kappa shape index (κ1) is 14.5. The number of carbonyl (C=O) groups is 1. The molecular formula is C17H20N4O. The summed E-state index contributed by atoms with van der Waals surface area (Å²) in [5, 5.41) is 0. The van der Waals surface area contributed by atoms with Crippen LogP contribution < -0.4 is 9.80 Å². The van der Waals surface area contributed by atoms with E-state index < -0.39 is 0 Å². The smallest absolute Gasteiger partial charge is 0.276 e. The van der Waals surface area contributed by atoms with E-state index in [0.717, 1.165) is 31.6 Å². The van der Waals surface area contributed by atoms with E-state index in [1.165, 1.54) is 6.42 Å². The number of para-hydroxylation sites is 1. The zero-order chi connectivity index (χ0) is 15.4. The highest BCUT2D eigenvalue weighted by atomic mass is 16.2. The van der Waals surface area contributed by atoms with E-state index in [1.807, 2.05) is 30.3 Å². The second kappa shape index (κ2) is 6.56. The first-order valence-electron chi connectivity index (χ1n) is 7.67. The molecule has 2 heterocycles. The molecule has 1 aliphatic rings. The predicted molar refractivity (Wildman–Crippen MR) is 87.3 cm³/mol. The molecule has 0 saturated carbocycles. The van der Waals surface area contributed by atoms with Gasteiger partial charge in [-0.3, -0.25) is 4.79 Å². The summed E-state index contributed by atoms with van der Waals surface area (Å²) in [4.78, 5) is 25.2. The standard InChI is InChI=1S/C17H20N4O/c1-20(14-8-4-2-5-9-14)16(22)15-10-11-18-17(19-15)21-12-6-3-7-13-21/h2,4-5,8-11H,3,6-7,12-13H2,1H3. The van der Waals surface area contributed by atoms with Crippen molar-refractivity contribution in [3.05, 3.63) is 48.3 Å². The van der Waals surface area contributed by atoms with Crippen molar-refractivity contribution in [1.29, 1.82) is 0 Å². The number of piperidine rings is 1. The Kier molecular flexibility index (Phi) is 4.32. The molecule has 2 aromatic rings. The molecule has 0 radical (unpaired) electrons. The highest BCUT2D eigenvalue weighted by Crippen LogP contribution is 2.17. The van der Waals surface area contributed by atoms with Crippen molar-refractivity contribution < 1.29 is 4.79 Å². The summed E-state index contributed by atoms with van der Waals surface area (Å²) in [6.45, 7) is 1.93. The lowest BCUT2D eigenvalue weighted by Gasteiger charge is -2.26. The molecule has 1 amide bonds. The monoisotopic (exact) mass is 296 g/mol. The summed E-state index contributed by atoms with van der Waals surface area (Å²) in [5.74, 6) is 0.541. The Morgan fingerprint density at radius 3 is 2.55 bits per heavy atom. The van der Waals surface area contributed by atoms with Crippen molar-refractivity contribution >= 4 is 17.5 Å². The second-order valence-electron chi connectivity index (χ2n) is 5.49. The van der Waals surface area contributed by atoms with Gasteiger partial charge < -0.3 is 9.80 Å². The molecule has 1 fully saturated rings. The molecule has 22 heavy (non-hydrogen) atoms. The van der Waals surface area contributed by atoms with Gasteiger partial charge in [0.05, 0.1) is 0 Å². The van der Waals surface area contributed by atoms with Gasteiger partial charge in [0, 0.05) is 32.0 Å². The number of aromatic nitrogens is 2. The van der Waals surface area contributed by atoms with E-state index >= 15 is 0 Å². The molecule has 114 valence electrons. The largest absolute Gasteiger partial charge is 0.341 e. The molecule has 1 aliphatic heterocycles. The number of benzene rings is 1. The highest BCUT2D eigenvalue weighted by Gasteiger charge is 2.18. The molecule has 5 heteroatoms. The number of hydrogen-bond donors (Lipinski definition) is 0. The van der Waals surface area contributed by atoms with Gasteiger partial charge in [-0.05, 0) is 37.5 Å². The SMILES string of the molecule is CN(C(=O)c1ccnc(N2CCCCC2)n1)c1ccccc1. The molecular weight excluding hydrogens is 276 g/mol. The van der Waals surface area contributed by atoms with Gasteiger partial charge in [-0.15, -0.1) is 0 Å². The lowest BCUT2D eigenvalue weighted by molar-refractivity contribution is 0.0988. The Hall–Kier alpha value is -2.43. The third-order valence-corrected chi connectivity index (χ3v) is 3.95. The Morgan fingerprint density at radius 2 is 1.82 bits per heavy atom. The molecule has 1 aromatic carbocycles. The van der Waals surface area contributed by atoms with Gasteiger partial charge in [0.1, 0.15) is 5.69 Å². The zero-order valence-electron chi connectivity index (χ0n) is 12.8. The van der Waals surface area contributed by atoms with E-state index in [2.05, 4.69) is 14.9 Å². The second-order valence-corrected chi connectivity index (χ2v) is 5.49. The first-order valence-corrected chi connectivity index (χ1v) is 7.67. The normalized spacial score (nSPS) is 14.7.